The Balaban J connectivity index is 2.18. The quantitative estimate of drug-likeness (QED) is 0.831. The van der Waals surface area contributed by atoms with E-state index in [2.05, 4.69) is 36.2 Å². The Hall–Kier alpha value is -0.800. The molecule has 0 radical (unpaired) electrons. The van der Waals surface area contributed by atoms with E-state index in [1.54, 1.807) is 0 Å². The molecule has 15 heavy (non-hydrogen) atoms. The summed E-state index contributed by atoms with van der Waals surface area (Å²) in [5.74, 6) is 0.548. The van der Waals surface area contributed by atoms with E-state index in [0.717, 1.165) is 6.54 Å². The molecule has 1 aliphatic heterocycles. The molecular formula is C12H16N2S. The lowest BCUT2D eigenvalue weighted by atomic mass is 9.95. The number of benzene rings is 1. The molecule has 0 bridgehead atoms. The molecule has 2 N–H and O–H groups in total. The second-order valence-electron chi connectivity index (χ2n) is 3.86. The minimum atomic E-state index is 0.548. The van der Waals surface area contributed by atoms with Gasteiger partial charge < -0.3 is 5.73 Å². The molecule has 80 valence electrons. The highest BCUT2D eigenvalue weighted by Gasteiger charge is 2.21. The van der Waals surface area contributed by atoms with Gasteiger partial charge in [0.1, 0.15) is 0 Å². The van der Waals surface area contributed by atoms with E-state index < -0.39 is 0 Å². The van der Waals surface area contributed by atoms with Crippen LogP contribution >= 0.6 is 11.8 Å². The van der Waals surface area contributed by atoms with Gasteiger partial charge in [0, 0.05) is 24.3 Å². The highest BCUT2D eigenvalue weighted by Crippen LogP contribution is 2.30. The monoisotopic (exact) mass is 220 g/mol. The van der Waals surface area contributed by atoms with Gasteiger partial charge in [-0.05, 0) is 11.1 Å². The molecule has 1 aromatic rings. The van der Waals surface area contributed by atoms with Crippen LogP contribution in [0.5, 0.6) is 0 Å². The van der Waals surface area contributed by atoms with Crippen LogP contribution in [0.4, 0.5) is 0 Å². The highest BCUT2D eigenvalue weighted by atomic mass is 32.2. The van der Waals surface area contributed by atoms with Gasteiger partial charge in [0.2, 0.25) is 0 Å². The summed E-state index contributed by atoms with van der Waals surface area (Å²) in [6, 6.07) is 8.60. The summed E-state index contributed by atoms with van der Waals surface area (Å²) < 4.78 is 0. The standard InChI is InChI=1S/C12H16N2S/c1-9-12(7-14-8-15-9)11-4-2-10(6-13)3-5-11/h2-5,8-9,12H,6-7,13H2,1H3. The average molecular weight is 220 g/mol. The molecule has 1 aromatic carbocycles. The molecule has 3 heteroatoms. The van der Waals surface area contributed by atoms with Crippen molar-refractivity contribution in [2.45, 2.75) is 24.6 Å². The molecular weight excluding hydrogens is 204 g/mol. The summed E-state index contributed by atoms with van der Waals surface area (Å²) in [6.07, 6.45) is 0. The molecule has 2 rings (SSSR count). The lowest BCUT2D eigenvalue weighted by Crippen LogP contribution is -2.18. The lowest BCUT2D eigenvalue weighted by Gasteiger charge is -2.24. The Morgan fingerprint density at radius 2 is 2.13 bits per heavy atom. The molecule has 1 heterocycles. The first-order valence-corrected chi connectivity index (χ1v) is 6.18. The number of rotatable bonds is 2. The van der Waals surface area contributed by atoms with Crippen LogP contribution in [0.15, 0.2) is 29.3 Å². The van der Waals surface area contributed by atoms with Crippen LogP contribution in [0.3, 0.4) is 0 Å². The maximum atomic E-state index is 5.58. The topological polar surface area (TPSA) is 38.4 Å². The second kappa shape index (κ2) is 4.81. The molecule has 0 spiro atoms. The lowest BCUT2D eigenvalue weighted by molar-refractivity contribution is 0.688. The minimum Gasteiger partial charge on any atom is -0.326 e. The SMILES string of the molecule is CC1SC=NCC1c1ccc(CN)cc1. The number of hydrogen-bond acceptors (Lipinski definition) is 3. The van der Waals surface area contributed by atoms with Crippen molar-refractivity contribution < 1.29 is 0 Å². The first-order valence-electron chi connectivity index (χ1n) is 5.24. The fourth-order valence-corrected chi connectivity index (χ4v) is 2.61. The molecule has 1 aliphatic rings. The van der Waals surface area contributed by atoms with Crippen LogP contribution in [0, 0.1) is 0 Å². The summed E-state index contributed by atoms with van der Waals surface area (Å²) >= 11 is 1.81. The number of nitrogens with two attached hydrogens (primary N) is 1. The predicted molar refractivity (Wildman–Crippen MR) is 67.5 cm³/mol. The van der Waals surface area contributed by atoms with Crippen molar-refractivity contribution >= 4 is 17.3 Å². The van der Waals surface area contributed by atoms with E-state index in [4.69, 9.17) is 5.73 Å². The minimum absolute atomic E-state index is 0.548. The van der Waals surface area contributed by atoms with Gasteiger partial charge in [-0.15, -0.1) is 11.8 Å². The third kappa shape index (κ3) is 2.41. The van der Waals surface area contributed by atoms with Crippen molar-refractivity contribution in [1.29, 1.82) is 0 Å². The first kappa shape index (κ1) is 10.7. The Kier molecular flexibility index (Phi) is 3.44. The Morgan fingerprint density at radius 3 is 2.73 bits per heavy atom. The molecule has 0 aliphatic carbocycles. The molecule has 0 saturated heterocycles. The largest absolute Gasteiger partial charge is 0.326 e. The fourth-order valence-electron chi connectivity index (χ4n) is 1.82. The van der Waals surface area contributed by atoms with Gasteiger partial charge in [-0.2, -0.15) is 0 Å². The van der Waals surface area contributed by atoms with E-state index in [0.29, 0.717) is 17.7 Å². The predicted octanol–water partition coefficient (Wildman–Crippen LogP) is 2.39. The van der Waals surface area contributed by atoms with Crippen LogP contribution in [0.1, 0.15) is 24.0 Å². The first-order chi connectivity index (χ1) is 7.31. The fraction of sp³-hybridized carbons (Fsp3) is 0.417. The molecule has 0 amide bonds. The Morgan fingerprint density at radius 1 is 1.40 bits per heavy atom. The molecule has 0 saturated carbocycles. The van der Waals surface area contributed by atoms with Crippen molar-refractivity contribution in [1.82, 2.24) is 0 Å². The molecule has 0 aromatic heterocycles. The van der Waals surface area contributed by atoms with E-state index in [9.17, 15) is 0 Å². The molecule has 2 unspecified atom stereocenters. The molecule has 2 nitrogen and oxygen atoms in total. The molecule has 2 atom stereocenters. The average Bonchev–Trinajstić information content (AvgIpc) is 2.30. The van der Waals surface area contributed by atoms with Crippen molar-refractivity contribution in [3.63, 3.8) is 0 Å². The van der Waals surface area contributed by atoms with Gasteiger partial charge in [-0.1, -0.05) is 31.2 Å². The zero-order valence-corrected chi connectivity index (χ0v) is 9.70. The number of thioether (sulfide) groups is 1. The van der Waals surface area contributed by atoms with E-state index >= 15 is 0 Å². The van der Waals surface area contributed by atoms with Crippen LogP contribution in [-0.4, -0.2) is 17.3 Å². The van der Waals surface area contributed by atoms with Gasteiger partial charge in [0.05, 0.1) is 5.55 Å². The summed E-state index contributed by atoms with van der Waals surface area (Å²) in [6.45, 7) is 3.79. The number of hydrogen-bond donors (Lipinski definition) is 1. The maximum Gasteiger partial charge on any atom is 0.0544 e. The summed E-state index contributed by atoms with van der Waals surface area (Å²) in [5.41, 5.74) is 10.1. The van der Waals surface area contributed by atoms with Gasteiger partial charge >= 0.3 is 0 Å². The maximum absolute atomic E-state index is 5.58. The highest BCUT2D eigenvalue weighted by molar-refractivity contribution is 8.12. The van der Waals surface area contributed by atoms with Crippen LogP contribution < -0.4 is 5.73 Å². The van der Waals surface area contributed by atoms with Crippen LogP contribution in [-0.2, 0) is 6.54 Å². The zero-order valence-electron chi connectivity index (χ0n) is 8.89. The number of nitrogens with zero attached hydrogens (tertiary/aromatic N) is 1. The van der Waals surface area contributed by atoms with Crippen molar-refractivity contribution in [3.8, 4) is 0 Å². The molecule has 0 fully saturated rings. The summed E-state index contributed by atoms with van der Waals surface area (Å²) in [4.78, 5) is 4.34. The normalized spacial score (nSPS) is 25.5. The van der Waals surface area contributed by atoms with Gasteiger partial charge in [-0.25, -0.2) is 0 Å². The smallest absolute Gasteiger partial charge is 0.0544 e. The van der Waals surface area contributed by atoms with Crippen LogP contribution in [0.2, 0.25) is 0 Å². The summed E-state index contributed by atoms with van der Waals surface area (Å²) in [7, 11) is 0. The third-order valence-corrected chi connectivity index (χ3v) is 3.89. The zero-order chi connectivity index (χ0) is 10.7. The van der Waals surface area contributed by atoms with Crippen molar-refractivity contribution in [2.75, 3.05) is 6.54 Å². The Labute approximate surface area is 95.0 Å². The number of aliphatic imine (C=N–C) groups is 1. The van der Waals surface area contributed by atoms with E-state index in [1.165, 1.54) is 11.1 Å². The van der Waals surface area contributed by atoms with Crippen LogP contribution in [0.25, 0.3) is 0 Å². The van der Waals surface area contributed by atoms with Gasteiger partial charge in [-0.3, -0.25) is 4.99 Å². The van der Waals surface area contributed by atoms with Crippen molar-refractivity contribution in [2.24, 2.45) is 10.7 Å². The Bertz CT molecular complexity index is 345. The summed E-state index contributed by atoms with van der Waals surface area (Å²) in [5, 5.41) is 0.617. The van der Waals surface area contributed by atoms with E-state index in [1.807, 2.05) is 17.3 Å². The third-order valence-electron chi connectivity index (χ3n) is 2.86. The van der Waals surface area contributed by atoms with Gasteiger partial charge in [0.25, 0.3) is 0 Å². The van der Waals surface area contributed by atoms with E-state index in [-0.39, 0.29) is 0 Å². The van der Waals surface area contributed by atoms with Crippen molar-refractivity contribution in [3.05, 3.63) is 35.4 Å². The second-order valence-corrected chi connectivity index (χ2v) is 5.09. The van der Waals surface area contributed by atoms with Gasteiger partial charge in [0.15, 0.2) is 0 Å².